The molecule has 0 aromatic heterocycles. The molecule has 6 nitrogen and oxygen atoms in total. The topological polar surface area (TPSA) is 78.9 Å². The molecule has 4 aliphatic carbocycles. The number of carbonyl (C=O) groups is 3. The van der Waals surface area contributed by atoms with Crippen molar-refractivity contribution in [2.45, 2.75) is 117 Å². The predicted octanol–water partition coefficient (Wildman–Crippen LogP) is 11.6. The van der Waals surface area contributed by atoms with Crippen LogP contribution in [0.4, 0.5) is 26.3 Å². The number of alkyl halides is 6. The van der Waals surface area contributed by atoms with Crippen molar-refractivity contribution in [1.82, 2.24) is 0 Å². The number of benzene rings is 3. The second-order valence-corrected chi connectivity index (χ2v) is 19.2. The van der Waals surface area contributed by atoms with Crippen LogP contribution in [0.1, 0.15) is 98.8 Å². The van der Waals surface area contributed by atoms with Crippen LogP contribution in [0.5, 0.6) is 5.75 Å². The Morgan fingerprint density at radius 1 is 0.702 bits per heavy atom. The van der Waals surface area contributed by atoms with Crippen molar-refractivity contribution in [2.75, 3.05) is 6.61 Å². The first-order valence-corrected chi connectivity index (χ1v) is 20.2. The Bertz CT molecular complexity index is 2020. The summed E-state index contributed by atoms with van der Waals surface area (Å²) in [6.07, 6.45) is -3.68. The van der Waals surface area contributed by atoms with Crippen LogP contribution in [-0.4, -0.2) is 43.0 Å². The third kappa shape index (κ3) is 7.99. The van der Waals surface area contributed by atoms with Gasteiger partial charge in [-0.05, 0) is 148 Å². The van der Waals surface area contributed by atoms with Crippen molar-refractivity contribution in [3.63, 3.8) is 0 Å². The van der Waals surface area contributed by atoms with E-state index in [-0.39, 0.29) is 36.0 Å². The molecular formula is C45H52F6O6. The van der Waals surface area contributed by atoms with Gasteiger partial charge in [0.1, 0.15) is 18.5 Å². The molecule has 1 spiro atoms. The van der Waals surface area contributed by atoms with E-state index >= 15 is 0 Å². The van der Waals surface area contributed by atoms with E-state index in [1.807, 2.05) is 42.5 Å². The minimum Gasteiger partial charge on any atom is -0.464 e. The van der Waals surface area contributed by atoms with Crippen LogP contribution >= 0.6 is 0 Å². The zero-order valence-corrected chi connectivity index (χ0v) is 33.2. The number of rotatable bonds is 11. The van der Waals surface area contributed by atoms with Crippen molar-refractivity contribution < 1.29 is 54.9 Å². The molecule has 0 radical (unpaired) electrons. The lowest BCUT2D eigenvalue weighted by molar-refractivity contribution is -0.293. The van der Waals surface area contributed by atoms with Gasteiger partial charge < -0.3 is 14.2 Å². The molecule has 3 aromatic rings. The number of fused-ring (bicyclic) bond motifs is 4. The summed E-state index contributed by atoms with van der Waals surface area (Å²) in [5.41, 5.74) is -4.62. The summed E-state index contributed by atoms with van der Waals surface area (Å²) in [5.74, 6) is -4.30. The Morgan fingerprint density at radius 3 is 1.95 bits per heavy atom. The Kier molecular flexibility index (Phi) is 10.5. The van der Waals surface area contributed by atoms with Crippen molar-refractivity contribution >= 4 is 39.5 Å². The highest BCUT2D eigenvalue weighted by molar-refractivity contribution is 5.99. The number of halogens is 6. The largest absolute Gasteiger partial charge is 0.464 e. The SMILES string of the molecule is CC(C)(CC(C)(CC(C)(C)C(=O)Oc1ccc2cc3ccccc3cc2c1)C(=O)OC1CC23CCCC4CCCC(C1C2)C43)C(=O)OCC(C(F)(F)F)C(F)(F)F. The van der Waals surface area contributed by atoms with Gasteiger partial charge in [0.25, 0.3) is 0 Å². The molecule has 7 rings (SSSR count). The lowest BCUT2D eigenvalue weighted by Gasteiger charge is -2.52. The van der Waals surface area contributed by atoms with Gasteiger partial charge in [-0.25, -0.2) is 0 Å². The molecule has 0 aliphatic heterocycles. The summed E-state index contributed by atoms with van der Waals surface area (Å²) in [6.45, 7) is 5.41. The fraction of sp³-hybridized carbons (Fsp3) is 0.622. The van der Waals surface area contributed by atoms with Gasteiger partial charge in [-0.2, -0.15) is 26.3 Å². The Labute approximate surface area is 329 Å². The third-order valence-corrected chi connectivity index (χ3v) is 13.9. The van der Waals surface area contributed by atoms with Crippen molar-refractivity contribution in [2.24, 2.45) is 51.2 Å². The molecular weight excluding hydrogens is 750 g/mol. The normalized spacial score (nSPS) is 27.3. The van der Waals surface area contributed by atoms with Crippen LogP contribution in [0.25, 0.3) is 21.5 Å². The number of hydrogen-bond donors (Lipinski definition) is 0. The van der Waals surface area contributed by atoms with Crippen molar-refractivity contribution in [3.8, 4) is 5.75 Å². The van der Waals surface area contributed by atoms with Gasteiger partial charge in [0.05, 0.1) is 16.2 Å². The van der Waals surface area contributed by atoms with Crippen LogP contribution in [-0.2, 0) is 23.9 Å². The van der Waals surface area contributed by atoms with Gasteiger partial charge in [-0.3, -0.25) is 14.4 Å². The van der Waals surface area contributed by atoms with Crippen LogP contribution in [0.2, 0.25) is 0 Å². The van der Waals surface area contributed by atoms with Crippen LogP contribution in [0, 0.1) is 51.2 Å². The molecule has 4 fully saturated rings. The van der Waals surface area contributed by atoms with Crippen LogP contribution in [0.15, 0.2) is 54.6 Å². The van der Waals surface area contributed by atoms with Crippen LogP contribution in [0.3, 0.4) is 0 Å². The summed E-state index contributed by atoms with van der Waals surface area (Å²) in [6, 6.07) is 17.2. The van der Waals surface area contributed by atoms with E-state index in [2.05, 4.69) is 0 Å². The van der Waals surface area contributed by atoms with Gasteiger partial charge in [0.2, 0.25) is 0 Å². The second-order valence-electron chi connectivity index (χ2n) is 19.2. The summed E-state index contributed by atoms with van der Waals surface area (Å²) in [5, 5.41) is 3.85. The lowest BCUT2D eigenvalue weighted by Crippen LogP contribution is -2.49. The van der Waals surface area contributed by atoms with Crippen molar-refractivity contribution in [3.05, 3.63) is 54.6 Å². The first-order valence-electron chi connectivity index (χ1n) is 20.2. The third-order valence-electron chi connectivity index (χ3n) is 13.9. The molecule has 2 bridgehead atoms. The molecule has 0 amide bonds. The quantitative estimate of drug-likeness (QED) is 0.0831. The maximum atomic E-state index is 14.6. The number of esters is 3. The van der Waals surface area contributed by atoms with Gasteiger partial charge in [0.15, 0.2) is 5.92 Å². The number of ether oxygens (including phenoxy) is 3. The highest BCUT2D eigenvalue weighted by atomic mass is 19.4. The maximum absolute atomic E-state index is 14.6. The smallest absolute Gasteiger partial charge is 0.403 e. The predicted molar refractivity (Wildman–Crippen MR) is 202 cm³/mol. The Balaban J connectivity index is 1.13. The average molecular weight is 803 g/mol. The first-order chi connectivity index (χ1) is 26.5. The van der Waals surface area contributed by atoms with Crippen LogP contribution < -0.4 is 4.74 Å². The Morgan fingerprint density at radius 2 is 1.30 bits per heavy atom. The molecule has 7 unspecified atom stereocenters. The fourth-order valence-corrected chi connectivity index (χ4v) is 11.8. The number of carbonyl (C=O) groups excluding carboxylic acids is 3. The van der Waals surface area contributed by atoms with E-state index < -0.39 is 59.0 Å². The molecule has 12 heteroatoms. The van der Waals surface area contributed by atoms with Gasteiger partial charge >= 0.3 is 30.3 Å². The monoisotopic (exact) mass is 802 g/mol. The number of hydrogen-bond acceptors (Lipinski definition) is 6. The first kappa shape index (κ1) is 41.3. The fourth-order valence-electron chi connectivity index (χ4n) is 11.8. The van der Waals surface area contributed by atoms with Gasteiger partial charge in [-0.1, -0.05) is 56.0 Å². The Hall–Kier alpha value is -3.83. The zero-order valence-electron chi connectivity index (χ0n) is 33.2. The van der Waals surface area contributed by atoms with E-state index in [1.165, 1.54) is 26.7 Å². The van der Waals surface area contributed by atoms with Gasteiger partial charge in [-0.15, -0.1) is 0 Å². The maximum Gasteiger partial charge on any atom is 0.403 e. The minimum atomic E-state index is -5.69. The molecule has 0 heterocycles. The molecule has 4 aliphatic rings. The summed E-state index contributed by atoms with van der Waals surface area (Å²) >= 11 is 0. The van der Waals surface area contributed by atoms with E-state index in [1.54, 1.807) is 32.9 Å². The highest BCUT2D eigenvalue weighted by Crippen LogP contribution is 2.70. The molecule has 3 aromatic carbocycles. The highest BCUT2D eigenvalue weighted by Gasteiger charge is 2.66. The van der Waals surface area contributed by atoms with Gasteiger partial charge in [0, 0.05) is 0 Å². The lowest BCUT2D eigenvalue weighted by atomic mass is 9.54. The molecule has 0 N–H and O–H groups in total. The summed E-state index contributed by atoms with van der Waals surface area (Å²) in [7, 11) is 0. The standard InChI is InChI=1S/C45H52F6O6/c1-40(2,37(52)55-23-35(44(46,47)48)45(49,50)51)24-42(5,39(54)57-34-22-43-17-9-13-26-12-8-14-32(36(26)43)33(34)21-43)25-41(3,4)38(53)56-31-16-15-29-18-27-10-6-7-11-28(27)19-30(29)20-31/h6-7,10-11,15-16,18-20,26,32-36H,8-9,12-14,17,21-25H2,1-5H3. The van der Waals surface area contributed by atoms with E-state index in [0.29, 0.717) is 17.8 Å². The molecule has 4 saturated carbocycles. The molecule has 310 valence electrons. The zero-order chi connectivity index (χ0) is 41.3. The minimum absolute atomic E-state index is 0.117. The van der Waals surface area contributed by atoms with E-state index in [4.69, 9.17) is 14.2 Å². The summed E-state index contributed by atoms with van der Waals surface area (Å²) in [4.78, 5) is 42.0. The molecule has 7 atom stereocenters. The van der Waals surface area contributed by atoms with E-state index in [9.17, 15) is 40.7 Å². The average Bonchev–Trinajstić information content (AvgIpc) is 3.63. The second kappa shape index (κ2) is 14.5. The van der Waals surface area contributed by atoms with Crippen molar-refractivity contribution in [1.29, 1.82) is 0 Å². The molecule has 0 saturated heterocycles. The summed E-state index contributed by atoms with van der Waals surface area (Å²) < 4.78 is 97.0. The molecule has 57 heavy (non-hydrogen) atoms. The van der Waals surface area contributed by atoms with E-state index in [0.717, 1.165) is 60.1 Å².